The molecule has 0 aromatic carbocycles. The molecule has 1 saturated heterocycles. The Morgan fingerprint density at radius 3 is 2.00 bits per heavy atom. The van der Waals surface area contributed by atoms with Crippen molar-refractivity contribution in [2.24, 2.45) is 11.5 Å². The van der Waals surface area contributed by atoms with Gasteiger partial charge in [0.1, 0.15) is 18.3 Å². The molecule has 0 bridgehead atoms. The number of aliphatic hydroxyl groups is 3. The van der Waals surface area contributed by atoms with Gasteiger partial charge in [-0.2, -0.15) is 4.80 Å². The normalized spacial score (nSPS) is 29.6. The second-order valence-electron chi connectivity index (χ2n) is 4.17. The number of nitrogens with two attached hydrogens (primary N) is 2. The summed E-state index contributed by atoms with van der Waals surface area (Å²) in [6.07, 6.45) is -5.16. The van der Waals surface area contributed by atoms with Gasteiger partial charge in [-0.05, 0) is 0 Å². The molecule has 0 radical (unpaired) electrons. The number of carbonyl (C=O) groups is 2. The van der Waals surface area contributed by atoms with Crippen LogP contribution in [0.1, 0.15) is 27.2 Å². The molecule has 1 aliphatic rings. The molecule has 0 unspecified atom stereocenters. The van der Waals surface area contributed by atoms with Crippen LogP contribution in [0.3, 0.4) is 0 Å². The minimum absolute atomic E-state index is 0.477. The zero-order valence-electron chi connectivity index (χ0n) is 10.1. The van der Waals surface area contributed by atoms with Gasteiger partial charge in [0.05, 0.1) is 6.61 Å². The van der Waals surface area contributed by atoms with Gasteiger partial charge in [-0.1, -0.05) is 0 Å². The first-order valence-corrected chi connectivity index (χ1v) is 5.55. The van der Waals surface area contributed by atoms with E-state index in [-0.39, 0.29) is 0 Å². The maximum atomic E-state index is 11.1. The molecule has 7 N–H and O–H groups in total. The summed E-state index contributed by atoms with van der Waals surface area (Å²) in [6.45, 7) is -0.540. The first-order chi connectivity index (χ1) is 9.36. The SMILES string of the molecule is NC(=O)c1nn([C@@H]2O[C@H](CO)[C@@H](O)[C@H]2O)nc1C(N)=O. The van der Waals surface area contributed by atoms with Crippen LogP contribution in [-0.4, -0.2) is 67.0 Å². The molecule has 0 saturated carbocycles. The van der Waals surface area contributed by atoms with Gasteiger partial charge in [0.2, 0.25) is 0 Å². The molecule has 20 heavy (non-hydrogen) atoms. The molecule has 110 valence electrons. The number of amides is 2. The second kappa shape index (κ2) is 5.13. The number of hydrogen-bond donors (Lipinski definition) is 5. The molecular formula is C9H13N5O6. The van der Waals surface area contributed by atoms with E-state index in [4.69, 9.17) is 21.3 Å². The third-order valence-corrected chi connectivity index (χ3v) is 2.84. The summed E-state index contributed by atoms with van der Waals surface area (Å²) in [6, 6.07) is 0. The molecule has 2 heterocycles. The standard InChI is InChI=1S/C9H13N5O6/c10-7(18)3-4(8(11)19)13-14(12-3)9-6(17)5(16)2(1-15)20-9/h2,5-6,9,15-17H,1H2,(H2,10,18)(H2,11,19)/t2-,5-,6-,9-/m1/s1. The van der Waals surface area contributed by atoms with Gasteiger partial charge >= 0.3 is 0 Å². The second-order valence-corrected chi connectivity index (χ2v) is 4.17. The van der Waals surface area contributed by atoms with Crippen LogP contribution in [-0.2, 0) is 4.74 Å². The van der Waals surface area contributed by atoms with Crippen LogP contribution in [0.2, 0.25) is 0 Å². The van der Waals surface area contributed by atoms with Crippen molar-refractivity contribution in [3.8, 4) is 0 Å². The lowest BCUT2D eigenvalue weighted by molar-refractivity contribution is -0.0656. The number of ether oxygens (including phenoxy) is 1. The summed E-state index contributed by atoms with van der Waals surface area (Å²) in [7, 11) is 0. The largest absolute Gasteiger partial charge is 0.394 e. The van der Waals surface area contributed by atoms with Crippen molar-refractivity contribution in [3.63, 3.8) is 0 Å². The third kappa shape index (κ3) is 2.22. The van der Waals surface area contributed by atoms with Crippen LogP contribution < -0.4 is 11.5 Å². The molecule has 4 atom stereocenters. The monoisotopic (exact) mass is 287 g/mol. The Hall–Kier alpha value is -2.08. The molecule has 1 aromatic rings. The van der Waals surface area contributed by atoms with Crippen molar-refractivity contribution >= 4 is 11.8 Å². The lowest BCUT2D eigenvalue weighted by Crippen LogP contribution is -2.33. The van der Waals surface area contributed by atoms with Gasteiger partial charge in [-0.3, -0.25) is 9.59 Å². The van der Waals surface area contributed by atoms with Crippen LogP contribution in [0.15, 0.2) is 0 Å². The summed E-state index contributed by atoms with van der Waals surface area (Å²) < 4.78 is 5.13. The summed E-state index contributed by atoms with van der Waals surface area (Å²) >= 11 is 0. The molecule has 1 aromatic heterocycles. The van der Waals surface area contributed by atoms with Crippen molar-refractivity contribution in [2.45, 2.75) is 24.5 Å². The molecular weight excluding hydrogens is 274 g/mol. The minimum Gasteiger partial charge on any atom is -0.394 e. The Morgan fingerprint density at radius 1 is 1.15 bits per heavy atom. The van der Waals surface area contributed by atoms with E-state index in [9.17, 15) is 19.8 Å². The predicted octanol–water partition coefficient (Wildman–Crippen LogP) is -3.91. The number of aromatic nitrogens is 3. The quantitative estimate of drug-likeness (QED) is 0.371. The van der Waals surface area contributed by atoms with Gasteiger partial charge in [-0.25, -0.2) is 0 Å². The number of carbonyl (C=O) groups excluding carboxylic acids is 2. The topological polar surface area (TPSA) is 187 Å². The fourth-order valence-electron chi connectivity index (χ4n) is 1.84. The van der Waals surface area contributed by atoms with Crippen molar-refractivity contribution in [1.82, 2.24) is 15.0 Å². The number of rotatable bonds is 4. The minimum atomic E-state index is -1.46. The lowest BCUT2D eigenvalue weighted by atomic mass is 10.1. The Labute approximate surface area is 111 Å². The molecule has 0 spiro atoms. The molecule has 1 fully saturated rings. The summed E-state index contributed by atoms with van der Waals surface area (Å²) in [5.74, 6) is -2.06. The predicted molar refractivity (Wildman–Crippen MR) is 60.1 cm³/mol. The van der Waals surface area contributed by atoms with Crippen molar-refractivity contribution in [3.05, 3.63) is 11.4 Å². The number of hydrogen-bond acceptors (Lipinski definition) is 8. The number of nitrogens with zero attached hydrogens (tertiary/aromatic N) is 3. The zero-order valence-corrected chi connectivity index (χ0v) is 10.1. The van der Waals surface area contributed by atoms with Crippen molar-refractivity contribution in [2.75, 3.05) is 6.61 Å². The highest BCUT2D eigenvalue weighted by Gasteiger charge is 2.45. The molecule has 2 rings (SSSR count). The maximum Gasteiger partial charge on any atom is 0.271 e. The van der Waals surface area contributed by atoms with E-state index in [0.29, 0.717) is 4.80 Å². The lowest BCUT2D eigenvalue weighted by Gasteiger charge is -2.12. The Balaban J connectivity index is 2.37. The average molecular weight is 287 g/mol. The summed E-state index contributed by atoms with van der Waals surface area (Å²) in [5.41, 5.74) is 9.10. The van der Waals surface area contributed by atoms with Gasteiger partial charge in [0.25, 0.3) is 11.8 Å². The first kappa shape index (κ1) is 14.3. The van der Waals surface area contributed by atoms with Crippen LogP contribution in [0.5, 0.6) is 0 Å². The van der Waals surface area contributed by atoms with Gasteiger partial charge in [0, 0.05) is 0 Å². The highest BCUT2D eigenvalue weighted by molar-refractivity contribution is 6.03. The van der Waals surface area contributed by atoms with E-state index in [2.05, 4.69) is 10.2 Å². The van der Waals surface area contributed by atoms with Gasteiger partial charge in [-0.15, -0.1) is 10.2 Å². The first-order valence-electron chi connectivity index (χ1n) is 5.55. The fraction of sp³-hybridized carbons (Fsp3) is 0.556. The summed E-state index contributed by atoms with van der Waals surface area (Å²) in [5, 5.41) is 35.6. The molecule has 2 amide bonds. The van der Waals surface area contributed by atoms with E-state index in [0.717, 1.165) is 0 Å². The molecule has 11 heteroatoms. The zero-order chi connectivity index (χ0) is 15.0. The average Bonchev–Trinajstić information content (AvgIpc) is 2.93. The highest BCUT2D eigenvalue weighted by atomic mass is 16.6. The smallest absolute Gasteiger partial charge is 0.271 e. The van der Waals surface area contributed by atoms with E-state index in [1.807, 2.05) is 0 Å². The van der Waals surface area contributed by atoms with E-state index < -0.39 is 54.3 Å². The number of aliphatic hydroxyl groups excluding tert-OH is 3. The van der Waals surface area contributed by atoms with Crippen LogP contribution >= 0.6 is 0 Å². The Bertz CT molecular complexity index is 513. The summed E-state index contributed by atoms with van der Waals surface area (Å²) in [4.78, 5) is 23.0. The van der Waals surface area contributed by atoms with E-state index in [1.165, 1.54) is 0 Å². The third-order valence-electron chi connectivity index (χ3n) is 2.84. The van der Waals surface area contributed by atoms with Crippen molar-refractivity contribution in [1.29, 1.82) is 0 Å². The molecule has 11 nitrogen and oxygen atoms in total. The number of primary amides is 2. The van der Waals surface area contributed by atoms with Crippen LogP contribution in [0.4, 0.5) is 0 Å². The van der Waals surface area contributed by atoms with E-state index >= 15 is 0 Å². The van der Waals surface area contributed by atoms with E-state index in [1.54, 1.807) is 0 Å². The van der Waals surface area contributed by atoms with Crippen LogP contribution in [0, 0.1) is 0 Å². The Kier molecular flexibility index (Phi) is 3.67. The van der Waals surface area contributed by atoms with Gasteiger partial charge in [0.15, 0.2) is 17.6 Å². The highest BCUT2D eigenvalue weighted by Crippen LogP contribution is 2.28. The molecule has 1 aliphatic heterocycles. The van der Waals surface area contributed by atoms with Crippen LogP contribution in [0.25, 0.3) is 0 Å². The van der Waals surface area contributed by atoms with Gasteiger partial charge < -0.3 is 31.5 Å². The van der Waals surface area contributed by atoms with Crippen molar-refractivity contribution < 1.29 is 29.6 Å². The maximum absolute atomic E-state index is 11.1. The fourth-order valence-corrected chi connectivity index (χ4v) is 1.84. The molecule has 0 aliphatic carbocycles. The Morgan fingerprint density at radius 2 is 1.65 bits per heavy atom.